The average molecular weight is 789 g/mol. The highest BCUT2D eigenvalue weighted by Crippen LogP contribution is 2.47. The molecule has 0 aliphatic heterocycles. The van der Waals surface area contributed by atoms with E-state index in [1.54, 1.807) is 99.0 Å². The minimum atomic E-state index is -5.64. The van der Waals surface area contributed by atoms with Gasteiger partial charge in [0.05, 0.1) is 5.56 Å². The number of rotatable bonds is 7. The largest absolute Gasteiger partial charge is 0.416 e. The van der Waals surface area contributed by atoms with Gasteiger partial charge in [0.2, 0.25) is 11.4 Å². The van der Waals surface area contributed by atoms with E-state index >= 15 is 26.3 Å². The molecule has 57 heavy (non-hydrogen) atoms. The molecule has 12 heteroatoms. The SMILES string of the molecule is Cc1ccc(/C=C/c2[b-](-c3c(C(F)(F)F)cc(C(F)(F)F)cc3C(F)(F)F)c(Nc3c(C)cccc3C)cc(-c3ccc(C)cc3)[n+]2-c2c(C)cccc2C)cc1. The molecule has 0 spiro atoms. The number of aromatic nitrogens is 1. The Labute approximate surface area is 325 Å². The van der Waals surface area contributed by atoms with Crippen LogP contribution in [0.4, 0.5) is 50.8 Å². The van der Waals surface area contributed by atoms with Crippen molar-refractivity contribution in [3.05, 3.63) is 164 Å². The predicted molar refractivity (Wildman–Crippen MR) is 209 cm³/mol. The van der Waals surface area contributed by atoms with Crippen LogP contribution in [-0.2, 0) is 18.5 Å². The average Bonchev–Trinajstić information content (AvgIpc) is 3.12. The van der Waals surface area contributed by atoms with E-state index in [1.165, 1.54) is 12.1 Å². The van der Waals surface area contributed by atoms with Crippen molar-refractivity contribution >= 4 is 29.8 Å². The molecule has 0 radical (unpaired) electrons. The van der Waals surface area contributed by atoms with Crippen molar-refractivity contribution in [1.82, 2.24) is 0 Å². The lowest BCUT2D eigenvalue weighted by Crippen LogP contribution is -2.43. The summed E-state index contributed by atoms with van der Waals surface area (Å²) in [6.07, 6.45) is -15.7. The first-order valence-electron chi connectivity index (χ1n) is 18.0. The molecule has 0 unspecified atom stereocenters. The van der Waals surface area contributed by atoms with Crippen LogP contribution >= 0.6 is 0 Å². The molecule has 0 aliphatic rings. The molecule has 0 aliphatic carbocycles. The van der Waals surface area contributed by atoms with Gasteiger partial charge in [0.1, 0.15) is 0 Å². The van der Waals surface area contributed by atoms with Gasteiger partial charge in [-0.2, -0.15) is 49.5 Å². The van der Waals surface area contributed by atoms with Gasteiger partial charge in [0.15, 0.2) is 0 Å². The summed E-state index contributed by atoms with van der Waals surface area (Å²) in [6, 6.07) is 26.1. The maximum absolute atomic E-state index is 15.3. The molecule has 5 aromatic carbocycles. The van der Waals surface area contributed by atoms with E-state index in [0.29, 0.717) is 50.4 Å². The Balaban J connectivity index is 1.95. The molecule has 0 bridgehead atoms. The van der Waals surface area contributed by atoms with Gasteiger partial charge in [-0.1, -0.05) is 90.0 Å². The number of para-hydroxylation sites is 2. The zero-order valence-corrected chi connectivity index (χ0v) is 31.9. The summed E-state index contributed by atoms with van der Waals surface area (Å²) in [4.78, 5) is 0. The Hall–Kier alpha value is -5.65. The van der Waals surface area contributed by atoms with Crippen molar-refractivity contribution in [3.8, 4) is 22.4 Å². The Morgan fingerprint density at radius 3 is 1.49 bits per heavy atom. The van der Waals surface area contributed by atoms with Gasteiger partial charge < -0.3 is 5.32 Å². The normalized spacial score (nSPS) is 12.4. The quantitative estimate of drug-likeness (QED) is 0.126. The molecule has 0 amide bonds. The van der Waals surface area contributed by atoms with Gasteiger partial charge in [-0.15, -0.1) is 5.58 Å². The molecule has 0 saturated heterocycles. The fourth-order valence-corrected chi connectivity index (χ4v) is 7.26. The van der Waals surface area contributed by atoms with Gasteiger partial charge in [-0.3, -0.25) is 0 Å². The van der Waals surface area contributed by atoms with Crippen molar-refractivity contribution < 1.29 is 44.1 Å². The maximum Gasteiger partial charge on any atom is 0.416 e. The lowest BCUT2D eigenvalue weighted by molar-refractivity contribution is -0.583. The summed E-state index contributed by atoms with van der Waals surface area (Å²) in [6.45, 7) is 10.8. The third-order valence-corrected chi connectivity index (χ3v) is 10.1. The fourth-order valence-electron chi connectivity index (χ4n) is 7.26. The van der Waals surface area contributed by atoms with Crippen LogP contribution in [0.25, 0.3) is 34.6 Å². The van der Waals surface area contributed by atoms with Gasteiger partial charge in [0.25, 0.3) is 0 Å². The third-order valence-electron chi connectivity index (χ3n) is 10.1. The van der Waals surface area contributed by atoms with Crippen LogP contribution in [0.15, 0.2) is 103 Å². The van der Waals surface area contributed by atoms with Gasteiger partial charge >= 0.3 is 18.5 Å². The summed E-state index contributed by atoms with van der Waals surface area (Å²) in [5.41, 5.74) is -0.801. The number of benzene rings is 5. The molecule has 0 fully saturated rings. The van der Waals surface area contributed by atoms with E-state index in [9.17, 15) is 13.2 Å². The fraction of sp³-hybridized carbons (Fsp3) is 0.200. The summed E-state index contributed by atoms with van der Waals surface area (Å²) < 4.78 is 136. The second-order valence-electron chi connectivity index (χ2n) is 14.4. The summed E-state index contributed by atoms with van der Waals surface area (Å²) >= 11 is 0. The van der Waals surface area contributed by atoms with E-state index in [-0.39, 0.29) is 23.3 Å². The van der Waals surface area contributed by atoms with E-state index < -0.39 is 47.0 Å². The minimum Gasteiger partial charge on any atom is -0.397 e. The highest BCUT2D eigenvalue weighted by Gasteiger charge is 2.43. The monoisotopic (exact) mass is 788 g/mol. The molecule has 0 saturated carbocycles. The molecule has 6 rings (SSSR count). The number of nitrogens with one attached hydrogen (secondary N) is 1. The van der Waals surface area contributed by atoms with E-state index in [0.717, 1.165) is 11.1 Å². The van der Waals surface area contributed by atoms with E-state index in [2.05, 4.69) is 5.32 Å². The van der Waals surface area contributed by atoms with Crippen LogP contribution in [0, 0.1) is 41.5 Å². The maximum atomic E-state index is 15.3. The smallest absolute Gasteiger partial charge is 0.397 e. The lowest BCUT2D eigenvalue weighted by atomic mass is 9.51. The van der Waals surface area contributed by atoms with E-state index in [1.807, 2.05) is 38.1 Å². The molecule has 2 nitrogen and oxygen atoms in total. The molecular formula is C45H38BF9N2. The lowest BCUT2D eigenvalue weighted by Gasteiger charge is -2.32. The predicted octanol–water partition coefficient (Wildman–Crippen LogP) is 13.5. The van der Waals surface area contributed by atoms with Crippen molar-refractivity contribution in [2.45, 2.75) is 60.1 Å². The van der Waals surface area contributed by atoms with Crippen molar-refractivity contribution in [2.24, 2.45) is 0 Å². The second-order valence-corrected chi connectivity index (χ2v) is 14.4. The molecule has 6 aromatic rings. The molecule has 1 N–H and O–H groups in total. The van der Waals surface area contributed by atoms with Crippen molar-refractivity contribution in [3.63, 3.8) is 0 Å². The molecule has 1 heterocycles. The Kier molecular flexibility index (Phi) is 11.1. The number of hydrogen-bond donors (Lipinski definition) is 1. The number of hydrogen-bond acceptors (Lipinski definition) is 1. The topological polar surface area (TPSA) is 15.9 Å². The van der Waals surface area contributed by atoms with Crippen LogP contribution in [0.5, 0.6) is 0 Å². The molecule has 294 valence electrons. The second kappa shape index (κ2) is 15.4. The summed E-state index contributed by atoms with van der Waals surface area (Å²) in [5, 5.41) is 3.22. The first-order valence-corrected chi connectivity index (χ1v) is 18.0. The standard InChI is InChI=1S/C45H37BF9N2/c1-26-13-17-32(18-14-26)19-22-39-46(40-35(44(50,51)52)23-34(43(47,48)49)24-36(40)45(53,54)55)38(56-41-28(3)9-7-10-29(41)4)25-37(33-20-15-27(2)16-21-33)57(39)42-30(5)11-8-12-31(42)6/h7-25H,1-6H3/q-1/p+1/b22-19+. The van der Waals surface area contributed by atoms with Gasteiger partial charge in [0, 0.05) is 45.4 Å². The van der Waals surface area contributed by atoms with Crippen LogP contribution in [-0.4, -0.2) is 6.34 Å². The molecule has 0 atom stereocenters. The zero-order chi connectivity index (χ0) is 41.6. The summed E-state index contributed by atoms with van der Waals surface area (Å²) in [5.74, 6) is 0. The first-order chi connectivity index (χ1) is 26.6. The third kappa shape index (κ3) is 8.55. The van der Waals surface area contributed by atoms with Crippen molar-refractivity contribution in [2.75, 3.05) is 5.32 Å². The minimum absolute atomic E-state index is 0.0597. The Bertz CT molecular complexity index is 2420. The van der Waals surface area contributed by atoms with Crippen LogP contribution in [0.2, 0.25) is 0 Å². The van der Waals surface area contributed by atoms with Crippen LogP contribution in [0.1, 0.15) is 61.2 Å². The Morgan fingerprint density at radius 1 is 0.544 bits per heavy atom. The molecular weight excluding hydrogens is 750 g/mol. The number of halogens is 9. The van der Waals surface area contributed by atoms with Gasteiger partial charge in [-0.25, -0.2) is 0 Å². The number of alkyl halides is 9. The Morgan fingerprint density at radius 2 is 1.02 bits per heavy atom. The zero-order valence-electron chi connectivity index (χ0n) is 31.9. The van der Waals surface area contributed by atoms with Crippen LogP contribution < -0.4 is 9.88 Å². The van der Waals surface area contributed by atoms with Gasteiger partial charge in [-0.05, 0) is 94.6 Å². The number of nitrogens with zero attached hydrogens (tertiary/aromatic N) is 1. The highest BCUT2D eigenvalue weighted by atomic mass is 19.4. The number of aryl methyl sites for hydroxylation is 6. The van der Waals surface area contributed by atoms with E-state index in [4.69, 9.17) is 0 Å². The van der Waals surface area contributed by atoms with Crippen molar-refractivity contribution in [1.29, 1.82) is 0 Å². The highest BCUT2D eigenvalue weighted by molar-refractivity contribution is 6.75. The molecule has 1 aromatic heterocycles. The van der Waals surface area contributed by atoms with Crippen LogP contribution in [0.3, 0.4) is 0 Å². The summed E-state index contributed by atoms with van der Waals surface area (Å²) in [7, 11) is 0. The first kappa shape index (κ1) is 41.0. The number of anilines is 2.